The summed E-state index contributed by atoms with van der Waals surface area (Å²) in [6.45, 7) is 4.96. The van der Waals surface area contributed by atoms with E-state index in [-0.39, 0.29) is 35.5 Å². The van der Waals surface area contributed by atoms with Crippen LogP contribution in [0.5, 0.6) is 0 Å². The van der Waals surface area contributed by atoms with Gasteiger partial charge in [0.05, 0.1) is 11.1 Å². The molecule has 2 aliphatic rings. The molecule has 2 atom stereocenters. The van der Waals surface area contributed by atoms with E-state index in [0.717, 1.165) is 38.9 Å². The number of hydrogen-bond donors (Lipinski definition) is 1. The van der Waals surface area contributed by atoms with Crippen molar-refractivity contribution in [1.29, 1.82) is 0 Å². The minimum absolute atomic E-state index is 0.0417. The van der Waals surface area contributed by atoms with E-state index in [0.29, 0.717) is 38.2 Å². The third kappa shape index (κ3) is 7.50. The quantitative estimate of drug-likeness (QED) is 0.421. The number of aliphatic hydroxyl groups is 1. The fourth-order valence-corrected chi connectivity index (χ4v) is 4.68. The molecule has 2 saturated heterocycles. The Bertz CT molecular complexity index is 869. The van der Waals surface area contributed by atoms with Crippen LogP contribution in [0.1, 0.15) is 31.2 Å². The molecule has 2 fully saturated rings. The number of unbranched alkanes of at least 4 members (excludes halogenated alkanes) is 1. The van der Waals surface area contributed by atoms with Gasteiger partial charge in [0.1, 0.15) is 5.82 Å². The van der Waals surface area contributed by atoms with Crippen molar-refractivity contribution in [2.24, 2.45) is 5.92 Å². The molecule has 34 heavy (non-hydrogen) atoms. The van der Waals surface area contributed by atoms with Crippen LogP contribution in [-0.2, 0) is 14.3 Å². The van der Waals surface area contributed by atoms with Crippen LogP contribution in [0.15, 0.2) is 24.3 Å². The van der Waals surface area contributed by atoms with Crippen molar-refractivity contribution in [1.82, 2.24) is 14.7 Å². The number of aliphatic hydroxyl groups excluding tert-OH is 1. The Morgan fingerprint density at radius 2 is 2.03 bits per heavy atom. The molecule has 0 aliphatic carbocycles. The molecule has 0 bridgehead atoms. The van der Waals surface area contributed by atoms with Gasteiger partial charge in [-0.15, -0.1) is 0 Å². The van der Waals surface area contributed by atoms with Crippen molar-refractivity contribution in [2.45, 2.75) is 31.8 Å². The maximum atomic E-state index is 13.6. The summed E-state index contributed by atoms with van der Waals surface area (Å²) in [5.74, 6) is -0.435. The van der Waals surface area contributed by atoms with Gasteiger partial charge in [0.25, 0.3) is 0 Å². The van der Waals surface area contributed by atoms with Crippen molar-refractivity contribution >= 4 is 29.5 Å². The van der Waals surface area contributed by atoms with Gasteiger partial charge >= 0.3 is 0 Å². The van der Waals surface area contributed by atoms with E-state index in [1.165, 1.54) is 18.2 Å². The molecule has 7 nitrogen and oxygen atoms in total. The van der Waals surface area contributed by atoms with Gasteiger partial charge in [-0.1, -0.05) is 17.7 Å². The third-order valence-electron chi connectivity index (χ3n) is 6.73. The number of piperidine rings is 1. The second-order valence-corrected chi connectivity index (χ2v) is 9.38. The highest BCUT2D eigenvalue weighted by Crippen LogP contribution is 2.20. The van der Waals surface area contributed by atoms with E-state index in [4.69, 9.17) is 16.3 Å². The minimum Gasteiger partial charge on any atom is -0.396 e. The Labute approximate surface area is 206 Å². The van der Waals surface area contributed by atoms with Gasteiger partial charge in [-0.2, -0.15) is 0 Å². The highest BCUT2D eigenvalue weighted by atomic mass is 35.5. The molecule has 1 aromatic rings. The molecule has 0 radical (unpaired) electrons. The van der Waals surface area contributed by atoms with Crippen molar-refractivity contribution in [3.05, 3.63) is 40.7 Å². The standard InChI is InChI=1S/C25H35ClFN3O4/c1-34-23-17-28(12-8-20(23)18-31)10-2-3-11-29-14-15-30(13-9-25(29)33)24(32)7-5-19-4-6-21(26)22(27)16-19/h4-7,16,20,23,31H,2-3,8-15,17-18H2,1H3/b7-5+/t20-,23-/m0/s1. The lowest BCUT2D eigenvalue weighted by atomic mass is 9.94. The van der Waals surface area contributed by atoms with Gasteiger partial charge in [-0.05, 0) is 56.1 Å². The maximum Gasteiger partial charge on any atom is 0.246 e. The number of benzene rings is 1. The first-order chi connectivity index (χ1) is 16.4. The summed E-state index contributed by atoms with van der Waals surface area (Å²) in [5.41, 5.74) is 0.556. The SMILES string of the molecule is CO[C@H]1CN(CCCCN2CCN(C(=O)/C=C/c3ccc(Cl)c(F)c3)CCC2=O)CC[C@H]1CO. The summed E-state index contributed by atoms with van der Waals surface area (Å²) in [4.78, 5) is 31.0. The molecule has 188 valence electrons. The first kappa shape index (κ1) is 26.6. The van der Waals surface area contributed by atoms with E-state index in [2.05, 4.69) is 4.90 Å². The highest BCUT2D eigenvalue weighted by molar-refractivity contribution is 6.30. The average molecular weight is 496 g/mol. The molecule has 0 saturated carbocycles. The zero-order valence-corrected chi connectivity index (χ0v) is 20.6. The molecule has 2 amide bonds. The van der Waals surface area contributed by atoms with Crippen molar-refractivity contribution in [3.63, 3.8) is 0 Å². The van der Waals surface area contributed by atoms with Crippen LogP contribution in [0, 0.1) is 11.7 Å². The van der Waals surface area contributed by atoms with E-state index in [9.17, 15) is 19.1 Å². The number of amides is 2. The van der Waals surface area contributed by atoms with Crippen molar-refractivity contribution in [3.8, 4) is 0 Å². The van der Waals surface area contributed by atoms with Crippen LogP contribution >= 0.6 is 11.6 Å². The zero-order valence-electron chi connectivity index (χ0n) is 19.8. The number of halogens is 2. The first-order valence-electron chi connectivity index (χ1n) is 12.0. The van der Waals surface area contributed by atoms with Gasteiger partial charge in [-0.25, -0.2) is 4.39 Å². The molecule has 1 N–H and O–H groups in total. The van der Waals surface area contributed by atoms with Crippen LogP contribution in [0.3, 0.4) is 0 Å². The Morgan fingerprint density at radius 1 is 1.24 bits per heavy atom. The summed E-state index contributed by atoms with van der Waals surface area (Å²) >= 11 is 5.69. The van der Waals surface area contributed by atoms with E-state index < -0.39 is 5.82 Å². The summed E-state index contributed by atoms with van der Waals surface area (Å²) < 4.78 is 19.1. The second kappa shape index (κ2) is 13.2. The van der Waals surface area contributed by atoms with Gasteiger partial charge < -0.3 is 24.5 Å². The Morgan fingerprint density at radius 3 is 2.76 bits per heavy atom. The molecule has 2 aliphatic heterocycles. The fourth-order valence-electron chi connectivity index (χ4n) is 4.56. The molecule has 0 spiro atoms. The van der Waals surface area contributed by atoms with Gasteiger partial charge in [0, 0.05) is 64.9 Å². The number of rotatable bonds is 9. The predicted octanol–water partition coefficient (Wildman–Crippen LogP) is 2.66. The topological polar surface area (TPSA) is 73.3 Å². The van der Waals surface area contributed by atoms with Gasteiger partial charge in [0.2, 0.25) is 11.8 Å². The number of likely N-dealkylation sites (tertiary alicyclic amines) is 1. The number of nitrogens with zero attached hydrogens (tertiary/aromatic N) is 3. The van der Waals surface area contributed by atoms with Gasteiger partial charge in [0.15, 0.2) is 0 Å². The molecular formula is C25H35ClFN3O4. The van der Waals surface area contributed by atoms with Crippen LogP contribution in [0.2, 0.25) is 5.02 Å². The normalized spacial score (nSPS) is 22.4. The Balaban J connectivity index is 1.40. The minimum atomic E-state index is -0.527. The molecule has 1 aromatic carbocycles. The van der Waals surface area contributed by atoms with Crippen molar-refractivity contribution < 1.29 is 23.8 Å². The molecule has 9 heteroatoms. The van der Waals surface area contributed by atoms with E-state index >= 15 is 0 Å². The number of carbonyl (C=O) groups excluding carboxylic acids is 2. The number of hydrogen-bond acceptors (Lipinski definition) is 5. The third-order valence-corrected chi connectivity index (χ3v) is 7.04. The number of methoxy groups -OCH3 is 1. The molecule has 2 heterocycles. The Kier molecular flexibility index (Phi) is 10.3. The monoisotopic (exact) mass is 495 g/mol. The van der Waals surface area contributed by atoms with Crippen LogP contribution in [0.4, 0.5) is 4.39 Å². The lowest BCUT2D eigenvalue weighted by Gasteiger charge is -2.37. The number of ether oxygens (including phenoxy) is 1. The lowest BCUT2D eigenvalue weighted by molar-refractivity contribution is -0.130. The van der Waals surface area contributed by atoms with Crippen LogP contribution < -0.4 is 0 Å². The molecule has 0 aromatic heterocycles. The summed E-state index contributed by atoms with van der Waals surface area (Å²) in [5, 5.41) is 9.50. The summed E-state index contributed by atoms with van der Waals surface area (Å²) in [7, 11) is 1.70. The Hall–Kier alpha value is -2.00. The molecule has 0 unspecified atom stereocenters. The van der Waals surface area contributed by atoms with Gasteiger partial charge in [-0.3, -0.25) is 9.59 Å². The second-order valence-electron chi connectivity index (χ2n) is 8.98. The average Bonchev–Trinajstić information content (AvgIpc) is 3.03. The smallest absolute Gasteiger partial charge is 0.246 e. The highest BCUT2D eigenvalue weighted by Gasteiger charge is 2.28. The zero-order chi connectivity index (χ0) is 24.5. The van der Waals surface area contributed by atoms with Crippen LogP contribution in [-0.4, -0.2) is 97.3 Å². The maximum absolute atomic E-state index is 13.6. The van der Waals surface area contributed by atoms with E-state index in [1.54, 1.807) is 24.2 Å². The first-order valence-corrected chi connectivity index (χ1v) is 12.3. The summed E-state index contributed by atoms with van der Waals surface area (Å²) in [6.07, 6.45) is 6.17. The molecule has 3 rings (SSSR count). The van der Waals surface area contributed by atoms with E-state index in [1.807, 2.05) is 4.90 Å². The molecular weight excluding hydrogens is 461 g/mol. The predicted molar refractivity (Wildman–Crippen MR) is 130 cm³/mol. The van der Waals surface area contributed by atoms with Crippen LogP contribution in [0.25, 0.3) is 6.08 Å². The number of carbonyl (C=O) groups is 2. The largest absolute Gasteiger partial charge is 0.396 e. The van der Waals surface area contributed by atoms with Crippen molar-refractivity contribution in [2.75, 3.05) is 59.5 Å². The fraction of sp³-hybridized carbons (Fsp3) is 0.600. The lowest BCUT2D eigenvalue weighted by Crippen LogP contribution is -2.46. The summed E-state index contributed by atoms with van der Waals surface area (Å²) in [6, 6.07) is 4.38.